The molecular formula is C17H20N4OS2. The van der Waals surface area contributed by atoms with E-state index in [0.29, 0.717) is 5.75 Å². The molecule has 0 aromatic carbocycles. The molecule has 0 saturated carbocycles. The van der Waals surface area contributed by atoms with Crippen LogP contribution in [0, 0.1) is 13.8 Å². The Morgan fingerprint density at radius 2 is 2.12 bits per heavy atom. The minimum atomic E-state index is 0.133. The molecule has 0 bridgehead atoms. The van der Waals surface area contributed by atoms with Crippen LogP contribution >= 0.6 is 23.1 Å². The zero-order valence-electron chi connectivity index (χ0n) is 14.2. The van der Waals surface area contributed by atoms with Crippen LogP contribution < -0.4 is 0 Å². The molecule has 0 radical (unpaired) electrons. The first-order chi connectivity index (χ1) is 11.5. The molecule has 5 nitrogen and oxygen atoms in total. The highest BCUT2D eigenvalue weighted by Gasteiger charge is 2.17. The summed E-state index contributed by atoms with van der Waals surface area (Å²) in [7, 11) is 1.94. The van der Waals surface area contributed by atoms with Crippen LogP contribution in [0.15, 0.2) is 28.7 Å². The van der Waals surface area contributed by atoms with E-state index in [1.165, 1.54) is 11.8 Å². The number of carbonyl (C=O) groups excluding carboxylic acids is 1. The Hall–Kier alpha value is -1.86. The number of aryl methyl sites for hydroxylation is 1. The number of hydrogen-bond acceptors (Lipinski definition) is 5. The van der Waals surface area contributed by atoms with E-state index in [1.807, 2.05) is 49.0 Å². The maximum Gasteiger partial charge on any atom is 0.191 e. The minimum absolute atomic E-state index is 0.133. The topological polar surface area (TPSA) is 52.7 Å². The van der Waals surface area contributed by atoms with Gasteiger partial charge < -0.3 is 9.13 Å². The van der Waals surface area contributed by atoms with E-state index in [0.717, 1.165) is 39.4 Å². The number of hydrogen-bond donors (Lipinski definition) is 0. The fraction of sp³-hybridized carbons (Fsp3) is 0.353. The maximum atomic E-state index is 12.6. The molecule has 3 heterocycles. The molecule has 24 heavy (non-hydrogen) atoms. The van der Waals surface area contributed by atoms with Gasteiger partial charge in [-0.25, -0.2) is 0 Å². The van der Waals surface area contributed by atoms with E-state index in [1.54, 1.807) is 11.3 Å². The molecular weight excluding hydrogens is 340 g/mol. The highest BCUT2D eigenvalue weighted by molar-refractivity contribution is 7.99. The van der Waals surface area contributed by atoms with Gasteiger partial charge in [0.05, 0.1) is 10.6 Å². The van der Waals surface area contributed by atoms with Crippen LogP contribution in [0.2, 0.25) is 0 Å². The second-order valence-corrected chi connectivity index (χ2v) is 7.47. The number of carbonyl (C=O) groups is 1. The summed E-state index contributed by atoms with van der Waals surface area (Å²) in [6.07, 6.45) is 0. The van der Waals surface area contributed by atoms with Crippen LogP contribution in [0.4, 0.5) is 0 Å². The van der Waals surface area contributed by atoms with Crippen molar-refractivity contribution in [3.63, 3.8) is 0 Å². The third-order valence-electron chi connectivity index (χ3n) is 4.10. The predicted molar refractivity (Wildman–Crippen MR) is 99.0 cm³/mol. The Kier molecular flexibility index (Phi) is 4.91. The fourth-order valence-electron chi connectivity index (χ4n) is 2.84. The lowest BCUT2D eigenvalue weighted by Crippen LogP contribution is -2.06. The highest BCUT2D eigenvalue weighted by Crippen LogP contribution is 2.27. The Morgan fingerprint density at radius 1 is 1.33 bits per heavy atom. The molecule has 0 fully saturated rings. The van der Waals surface area contributed by atoms with E-state index in [9.17, 15) is 4.79 Å². The Morgan fingerprint density at radius 3 is 2.75 bits per heavy atom. The molecule has 0 amide bonds. The van der Waals surface area contributed by atoms with Crippen molar-refractivity contribution in [2.45, 2.75) is 32.5 Å². The summed E-state index contributed by atoms with van der Waals surface area (Å²) in [5.74, 6) is 1.34. The molecule has 0 spiro atoms. The first-order valence-electron chi connectivity index (χ1n) is 7.79. The summed E-state index contributed by atoms with van der Waals surface area (Å²) < 4.78 is 4.11. The van der Waals surface area contributed by atoms with Crippen molar-refractivity contribution in [1.82, 2.24) is 19.3 Å². The molecule has 0 aliphatic heterocycles. The molecule has 0 N–H and O–H groups in total. The molecule has 3 aromatic rings. The van der Waals surface area contributed by atoms with E-state index in [2.05, 4.69) is 21.7 Å². The number of nitrogens with zero attached hydrogens (tertiary/aromatic N) is 4. The largest absolute Gasteiger partial charge is 0.349 e. The van der Waals surface area contributed by atoms with Gasteiger partial charge in [-0.3, -0.25) is 4.79 Å². The second-order valence-electron chi connectivity index (χ2n) is 5.58. The van der Waals surface area contributed by atoms with Crippen molar-refractivity contribution in [2.75, 3.05) is 5.75 Å². The molecule has 0 unspecified atom stereocenters. The monoisotopic (exact) mass is 360 g/mol. The number of Topliss-reactive ketones (excluding diaryl/α,β-unsaturated/α-hetero) is 1. The van der Waals surface area contributed by atoms with E-state index >= 15 is 0 Å². The molecule has 126 valence electrons. The SMILES string of the molecule is CCn1c(C)cc(C(=O)CSc2nnc(-c3cccs3)n2C)c1C. The summed E-state index contributed by atoms with van der Waals surface area (Å²) in [6, 6.07) is 6.00. The van der Waals surface area contributed by atoms with Gasteiger partial charge in [0.25, 0.3) is 0 Å². The Bertz CT molecular complexity index is 862. The van der Waals surface area contributed by atoms with E-state index in [-0.39, 0.29) is 5.78 Å². The zero-order valence-corrected chi connectivity index (χ0v) is 15.9. The summed E-state index contributed by atoms with van der Waals surface area (Å²) >= 11 is 3.07. The van der Waals surface area contributed by atoms with Gasteiger partial charge in [-0.2, -0.15) is 0 Å². The highest BCUT2D eigenvalue weighted by atomic mass is 32.2. The number of aromatic nitrogens is 4. The van der Waals surface area contributed by atoms with Gasteiger partial charge in [-0.15, -0.1) is 21.5 Å². The quantitative estimate of drug-likeness (QED) is 0.493. The lowest BCUT2D eigenvalue weighted by molar-refractivity contribution is 0.102. The lowest BCUT2D eigenvalue weighted by atomic mass is 10.2. The lowest BCUT2D eigenvalue weighted by Gasteiger charge is -2.05. The predicted octanol–water partition coefficient (Wildman–Crippen LogP) is 3.96. The average Bonchev–Trinajstić information content (AvgIpc) is 3.25. The minimum Gasteiger partial charge on any atom is -0.349 e. The first-order valence-corrected chi connectivity index (χ1v) is 9.65. The van der Waals surface area contributed by atoms with Crippen LogP contribution in [0.1, 0.15) is 28.7 Å². The summed E-state index contributed by atoms with van der Waals surface area (Å²) in [4.78, 5) is 13.7. The van der Waals surface area contributed by atoms with Gasteiger partial charge in [0, 0.05) is 30.5 Å². The molecule has 0 saturated heterocycles. The van der Waals surface area contributed by atoms with E-state index < -0.39 is 0 Å². The number of thiophene rings is 1. The number of thioether (sulfide) groups is 1. The van der Waals surface area contributed by atoms with Crippen molar-refractivity contribution >= 4 is 28.9 Å². The van der Waals surface area contributed by atoms with Crippen LogP contribution in [-0.4, -0.2) is 30.9 Å². The third kappa shape index (κ3) is 3.06. The molecule has 3 aromatic heterocycles. The van der Waals surface area contributed by atoms with E-state index in [4.69, 9.17) is 0 Å². The van der Waals surface area contributed by atoms with Gasteiger partial charge in [0.2, 0.25) is 0 Å². The second kappa shape index (κ2) is 6.94. The smallest absolute Gasteiger partial charge is 0.191 e. The van der Waals surface area contributed by atoms with Gasteiger partial charge in [-0.05, 0) is 38.3 Å². The summed E-state index contributed by atoms with van der Waals surface area (Å²) in [5, 5.41) is 11.2. The standard InChI is InChI=1S/C17H20N4OS2/c1-5-21-11(2)9-13(12(21)3)14(22)10-24-17-19-18-16(20(17)4)15-7-6-8-23-15/h6-9H,5,10H2,1-4H3. The van der Waals surface area contributed by atoms with Crippen molar-refractivity contribution in [3.8, 4) is 10.7 Å². The normalized spacial score (nSPS) is 11.2. The van der Waals surface area contributed by atoms with Crippen LogP contribution in [0.25, 0.3) is 10.7 Å². The fourth-order valence-corrected chi connectivity index (χ4v) is 4.38. The maximum absolute atomic E-state index is 12.6. The first kappa shape index (κ1) is 17.0. The molecule has 0 aliphatic carbocycles. The Balaban J connectivity index is 1.74. The molecule has 0 aliphatic rings. The van der Waals surface area contributed by atoms with Crippen molar-refractivity contribution < 1.29 is 4.79 Å². The summed E-state index contributed by atoms with van der Waals surface area (Å²) in [5.41, 5.74) is 2.97. The Labute approximate surface area is 149 Å². The van der Waals surface area contributed by atoms with Gasteiger partial charge >= 0.3 is 0 Å². The number of ketones is 1. The van der Waals surface area contributed by atoms with Crippen molar-refractivity contribution in [2.24, 2.45) is 7.05 Å². The molecule has 3 rings (SSSR count). The van der Waals surface area contributed by atoms with Crippen LogP contribution in [-0.2, 0) is 13.6 Å². The third-order valence-corrected chi connectivity index (χ3v) is 5.99. The van der Waals surface area contributed by atoms with Gasteiger partial charge in [0.15, 0.2) is 16.8 Å². The van der Waals surface area contributed by atoms with Crippen LogP contribution in [0.5, 0.6) is 0 Å². The van der Waals surface area contributed by atoms with Gasteiger partial charge in [0.1, 0.15) is 0 Å². The van der Waals surface area contributed by atoms with Gasteiger partial charge in [-0.1, -0.05) is 17.8 Å². The van der Waals surface area contributed by atoms with Crippen molar-refractivity contribution in [3.05, 3.63) is 40.5 Å². The van der Waals surface area contributed by atoms with Crippen molar-refractivity contribution in [1.29, 1.82) is 0 Å². The zero-order chi connectivity index (χ0) is 17.3. The average molecular weight is 361 g/mol. The number of rotatable bonds is 6. The molecule has 7 heteroatoms. The molecule has 0 atom stereocenters. The summed E-state index contributed by atoms with van der Waals surface area (Å²) in [6.45, 7) is 7.02. The van der Waals surface area contributed by atoms with Crippen LogP contribution in [0.3, 0.4) is 0 Å².